The largest absolute Gasteiger partial charge is 0.337 e. The first-order valence-corrected chi connectivity index (χ1v) is 7.09. The summed E-state index contributed by atoms with van der Waals surface area (Å²) in [5.41, 5.74) is 4.29. The molecular formula is C17H26O2. The zero-order valence-corrected chi connectivity index (χ0v) is 13.3. The van der Waals surface area contributed by atoms with E-state index in [1.54, 1.807) is 0 Å². The van der Waals surface area contributed by atoms with Crippen molar-refractivity contribution in [3.05, 3.63) is 28.8 Å². The highest BCUT2D eigenvalue weighted by Gasteiger charge is 2.33. The van der Waals surface area contributed by atoms with E-state index in [0.717, 1.165) is 5.75 Å². The van der Waals surface area contributed by atoms with Gasteiger partial charge in [0.25, 0.3) is 0 Å². The van der Waals surface area contributed by atoms with Crippen molar-refractivity contribution in [2.45, 2.75) is 65.2 Å². The summed E-state index contributed by atoms with van der Waals surface area (Å²) in [6, 6.07) is 4.26. The minimum absolute atomic E-state index is 0.0495. The maximum atomic E-state index is 5.50. The number of fused-ring (bicyclic) bond motifs is 2. The fourth-order valence-electron chi connectivity index (χ4n) is 2.89. The predicted octanol–water partition coefficient (Wildman–Crippen LogP) is 4.71. The van der Waals surface area contributed by atoms with Crippen LogP contribution in [0.1, 0.15) is 71.1 Å². The van der Waals surface area contributed by atoms with Gasteiger partial charge in [-0.2, -0.15) is 4.89 Å². The molecule has 1 unspecified atom stereocenters. The van der Waals surface area contributed by atoms with E-state index >= 15 is 0 Å². The third-order valence-corrected chi connectivity index (χ3v) is 3.72. The molecular weight excluding hydrogens is 236 g/mol. The molecule has 19 heavy (non-hydrogen) atoms. The third-order valence-electron chi connectivity index (χ3n) is 3.72. The number of hydrogen-bond donors (Lipinski definition) is 0. The lowest BCUT2D eigenvalue weighted by atomic mass is 9.73. The Labute approximate surface area is 117 Å². The molecule has 1 aliphatic heterocycles. The van der Waals surface area contributed by atoms with E-state index in [1.807, 2.05) is 0 Å². The highest BCUT2D eigenvalue weighted by molar-refractivity contribution is 5.52. The Bertz CT molecular complexity index is 475. The van der Waals surface area contributed by atoms with Crippen LogP contribution in [0.5, 0.6) is 5.75 Å². The molecule has 0 saturated carbocycles. The minimum atomic E-state index is 0.0495. The van der Waals surface area contributed by atoms with E-state index in [0.29, 0.717) is 12.5 Å². The van der Waals surface area contributed by atoms with E-state index in [9.17, 15) is 0 Å². The molecule has 106 valence electrons. The van der Waals surface area contributed by atoms with Crippen LogP contribution >= 0.6 is 0 Å². The minimum Gasteiger partial charge on any atom is -0.337 e. The smallest absolute Gasteiger partial charge is 0.169 e. The molecule has 2 bridgehead atoms. The van der Waals surface area contributed by atoms with Crippen LogP contribution in [0, 0.1) is 0 Å². The molecule has 1 aliphatic rings. The van der Waals surface area contributed by atoms with Crippen molar-refractivity contribution in [2.75, 3.05) is 6.61 Å². The second-order valence-corrected chi connectivity index (χ2v) is 7.67. The van der Waals surface area contributed by atoms with Crippen LogP contribution in [0.15, 0.2) is 12.1 Å². The summed E-state index contributed by atoms with van der Waals surface area (Å²) >= 11 is 0. The second-order valence-electron chi connectivity index (χ2n) is 7.67. The molecule has 0 amide bonds. The Morgan fingerprint density at radius 3 is 2.16 bits per heavy atom. The van der Waals surface area contributed by atoms with E-state index in [4.69, 9.17) is 9.78 Å². The molecule has 0 fully saturated rings. The van der Waals surface area contributed by atoms with E-state index in [1.165, 1.54) is 16.7 Å². The summed E-state index contributed by atoms with van der Waals surface area (Å²) in [4.78, 5) is 10.9. The topological polar surface area (TPSA) is 18.5 Å². The lowest BCUT2D eigenvalue weighted by Crippen LogP contribution is -2.22. The van der Waals surface area contributed by atoms with Gasteiger partial charge < -0.3 is 4.89 Å². The Balaban J connectivity index is 2.78. The standard InChI is InChI=1S/C17H26O2/c1-11-10-18-19-13-9-8-12(16(2,3)4)14(11)15(13)17(5,6)7/h8-9,11H,10H2,1-7H3. The summed E-state index contributed by atoms with van der Waals surface area (Å²) < 4.78 is 0. The molecule has 0 radical (unpaired) electrons. The highest BCUT2D eigenvalue weighted by Crippen LogP contribution is 2.44. The lowest BCUT2D eigenvalue weighted by molar-refractivity contribution is -0.207. The van der Waals surface area contributed by atoms with Crippen LogP contribution in [0.25, 0.3) is 0 Å². The van der Waals surface area contributed by atoms with Crippen molar-refractivity contribution in [3.8, 4) is 5.75 Å². The summed E-state index contributed by atoms with van der Waals surface area (Å²) in [7, 11) is 0. The number of rotatable bonds is 0. The summed E-state index contributed by atoms with van der Waals surface area (Å²) in [6.45, 7) is 16.4. The summed E-state index contributed by atoms with van der Waals surface area (Å²) in [5, 5.41) is 0. The maximum Gasteiger partial charge on any atom is 0.169 e. The first kappa shape index (κ1) is 14.4. The van der Waals surface area contributed by atoms with Gasteiger partial charge in [-0.1, -0.05) is 54.5 Å². The molecule has 0 spiro atoms. The first-order chi connectivity index (χ1) is 8.62. The molecule has 0 aromatic heterocycles. The molecule has 0 saturated heterocycles. The van der Waals surface area contributed by atoms with Crippen molar-refractivity contribution in [2.24, 2.45) is 0 Å². The molecule has 2 rings (SSSR count). The van der Waals surface area contributed by atoms with Gasteiger partial charge in [0.15, 0.2) is 5.75 Å². The molecule has 1 heterocycles. The normalized spacial score (nSPS) is 19.8. The van der Waals surface area contributed by atoms with Crippen molar-refractivity contribution >= 4 is 0 Å². The van der Waals surface area contributed by atoms with Gasteiger partial charge in [0, 0.05) is 11.5 Å². The van der Waals surface area contributed by atoms with Gasteiger partial charge in [0.1, 0.15) is 6.61 Å². The average Bonchev–Trinajstić information content (AvgIpc) is 2.34. The Morgan fingerprint density at radius 1 is 1.00 bits per heavy atom. The molecule has 0 aliphatic carbocycles. The van der Waals surface area contributed by atoms with Gasteiger partial charge in [0.2, 0.25) is 0 Å². The van der Waals surface area contributed by atoms with Crippen molar-refractivity contribution < 1.29 is 9.78 Å². The average molecular weight is 262 g/mol. The van der Waals surface area contributed by atoms with Crippen LogP contribution < -0.4 is 4.89 Å². The third kappa shape index (κ3) is 2.64. The van der Waals surface area contributed by atoms with Gasteiger partial charge in [-0.05, 0) is 28.0 Å². The van der Waals surface area contributed by atoms with Gasteiger partial charge in [-0.15, -0.1) is 0 Å². The van der Waals surface area contributed by atoms with Crippen LogP contribution in [0.2, 0.25) is 0 Å². The van der Waals surface area contributed by atoms with Gasteiger partial charge in [0.05, 0.1) is 0 Å². The Kier molecular flexibility index (Phi) is 3.42. The summed E-state index contributed by atoms with van der Waals surface area (Å²) in [5.74, 6) is 1.23. The quantitative estimate of drug-likeness (QED) is 0.630. The van der Waals surface area contributed by atoms with Crippen LogP contribution in [-0.2, 0) is 15.7 Å². The van der Waals surface area contributed by atoms with Crippen molar-refractivity contribution in [1.29, 1.82) is 0 Å². The fraction of sp³-hybridized carbons (Fsp3) is 0.647. The highest BCUT2D eigenvalue weighted by atomic mass is 17.2. The predicted molar refractivity (Wildman–Crippen MR) is 78.8 cm³/mol. The van der Waals surface area contributed by atoms with E-state index in [-0.39, 0.29) is 10.8 Å². The van der Waals surface area contributed by atoms with Gasteiger partial charge in [-0.25, -0.2) is 0 Å². The van der Waals surface area contributed by atoms with Crippen LogP contribution in [0.4, 0.5) is 0 Å². The molecule has 1 atom stereocenters. The van der Waals surface area contributed by atoms with Crippen LogP contribution in [0.3, 0.4) is 0 Å². The number of benzene rings is 1. The van der Waals surface area contributed by atoms with Crippen LogP contribution in [-0.4, -0.2) is 6.61 Å². The first-order valence-electron chi connectivity index (χ1n) is 7.09. The number of hydrogen-bond acceptors (Lipinski definition) is 2. The monoisotopic (exact) mass is 262 g/mol. The van der Waals surface area contributed by atoms with Gasteiger partial charge >= 0.3 is 0 Å². The summed E-state index contributed by atoms with van der Waals surface area (Å²) in [6.07, 6.45) is 0. The van der Waals surface area contributed by atoms with Crippen molar-refractivity contribution in [3.63, 3.8) is 0 Å². The Morgan fingerprint density at radius 2 is 1.63 bits per heavy atom. The lowest BCUT2D eigenvalue weighted by Gasteiger charge is -2.31. The van der Waals surface area contributed by atoms with Crippen molar-refractivity contribution in [1.82, 2.24) is 0 Å². The Hall–Kier alpha value is -1.02. The molecule has 1 aromatic carbocycles. The maximum absolute atomic E-state index is 5.50. The zero-order chi connectivity index (χ0) is 14.4. The zero-order valence-electron chi connectivity index (χ0n) is 13.3. The molecule has 1 aromatic rings. The van der Waals surface area contributed by atoms with E-state index < -0.39 is 0 Å². The molecule has 2 nitrogen and oxygen atoms in total. The second kappa shape index (κ2) is 4.52. The molecule has 2 heteroatoms. The van der Waals surface area contributed by atoms with E-state index in [2.05, 4.69) is 60.6 Å². The molecule has 0 N–H and O–H groups in total. The fourth-order valence-corrected chi connectivity index (χ4v) is 2.89. The van der Waals surface area contributed by atoms with Gasteiger partial charge in [-0.3, -0.25) is 0 Å². The SMILES string of the molecule is CC1COOc2ccc(C(C)(C)C)c1c2C(C)(C)C.